The van der Waals surface area contributed by atoms with Crippen molar-refractivity contribution < 1.29 is 0 Å². The number of rotatable bonds is 4. The second-order valence-corrected chi connectivity index (χ2v) is 3.85. The SMILES string of the molecule is CCCNCc1sc(N)nc1C. The predicted octanol–water partition coefficient (Wildman–Crippen LogP) is 1.53. The van der Waals surface area contributed by atoms with E-state index in [1.165, 1.54) is 4.88 Å². The van der Waals surface area contributed by atoms with E-state index in [9.17, 15) is 0 Å². The van der Waals surface area contributed by atoms with Crippen LogP contribution in [0.4, 0.5) is 5.13 Å². The molecule has 0 bridgehead atoms. The highest BCUT2D eigenvalue weighted by Crippen LogP contribution is 2.18. The molecule has 0 aliphatic heterocycles. The number of hydrogen-bond acceptors (Lipinski definition) is 4. The summed E-state index contributed by atoms with van der Waals surface area (Å²) < 4.78 is 0. The fraction of sp³-hybridized carbons (Fsp3) is 0.625. The summed E-state index contributed by atoms with van der Waals surface area (Å²) in [6.45, 7) is 6.10. The van der Waals surface area contributed by atoms with Gasteiger partial charge in [-0.3, -0.25) is 0 Å². The van der Waals surface area contributed by atoms with E-state index >= 15 is 0 Å². The normalized spacial score (nSPS) is 10.5. The van der Waals surface area contributed by atoms with Crippen LogP contribution in [0.5, 0.6) is 0 Å². The summed E-state index contributed by atoms with van der Waals surface area (Å²) in [4.78, 5) is 5.40. The van der Waals surface area contributed by atoms with Gasteiger partial charge in [-0.25, -0.2) is 4.98 Å². The molecular weight excluding hydrogens is 170 g/mol. The lowest BCUT2D eigenvalue weighted by molar-refractivity contribution is 0.678. The maximum absolute atomic E-state index is 5.56. The molecule has 12 heavy (non-hydrogen) atoms. The molecule has 0 fully saturated rings. The van der Waals surface area contributed by atoms with Gasteiger partial charge in [-0.2, -0.15) is 0 Å². The van der Waals surface area contributed by atoms with E-state index in [0.717, 1.165) is 25.2 Å². The first-order valence-electron chi connectivity index (χ1n) is 4.16. The zero-order chi connectivity index (χ0) is 8.97. The average molecular weight is 185 g/mol. The molecule has 0 amide bonds. The van der Waals surface area contributed by atoms with E-state index in [4.69, 9.17) is 5.73 Å². The molecule has 0 aromatic carbocycles. The molecule has 0 atom stereocenters. The van der Waals surface area contributed by atoms with E-state index < -0.39 is 0 Å². The average Bonchev–Trinajstić information content (AvgIpc) is 2.31. The van der Waals surface area contributed by atoms with Crippen LogP contribution < -0.4 is 11.1 Å². The lowest BCUT2D eigenvalue weighted by atomic mass is 10.4. The van der Waals surface area contributed by atoms with Crippen molar-refractivity contribution in [1.82, 2.24) is 10.3 Å². The van der Waals surface area contributed by atoms with Gasteiger partial charge in [0.05, 0.1) is 5.69 Å². The highest BCUT2D eigenvalue weighted by molar-refractivity contribution is 7.15. The first-order valence-corrected chi connectivity index (χ1v) is 4.98. The van der Waals surface area contributed by atoms with Crippen molar-refractivity contribution >= 4 is 16.5 Å². The standard InChI is InChI=1S/C8H15N3S/c1-3-4-10-5-7-6(2)11-8(9)12-7/h10H,3-5H2,1-2H3,(H2,9,11). The number of aryl methyl sites for hydroxylation is 1. The van der Waals surface area contributed by atoms with Crippen LogP contribution in [0.1, 0.15) is 23.9 Å². The zero-order valence-electron chi connectivity index (χ0n) is 7.55. The van der Waals surface area contributed by atoms with Gasteiger partial charge in [0, 0.05) is 11.4 Å². The van der Waals surface area contributed by atoms with Gasteiger partial charge in [0.2, 0.25) is 0 Å². The van der Waals surface area contributed by atoms with Crippen LogP contribution in [-0.2, 0) is 6.54 Å². The van der Waals surface area contributed by atoms with Crippen LogP contribution in [0.15, 0.2) is 0 Å². The smallest absolute Gasteiger partial charge is 0.180 e. The number of nitrogens with two attached hydrogens (primary N) is 1. The molecule has 3 N–H and O–H groups in total. The van der Waals surface area contributed by atoms with Crippen molar-refractivity contribution in [1.29, 1.82) is 0 Å². The van der Waals surface area contributed by atoms with E-state index in [0.29, 0.717) is 5.13 Å². The molecule has 0 saturated heterocycles. The van der Waals surface area contributed by atoms with Crippen molar-refractivity contribution in [2.24, 2.45) is 0 Å². The third-order valence-corrected chi connectivity index (χ3v) is 2.61. The molecule has 0 aliphatic rings. The molecule has 4 heteroatoms. The molecule has 68 valence electrons. The summed E-state index contributed by atoms with van der Waals surface area (Å²) in [5.41, 5.74) is 6.62. The maximum atomic E-state index is 5.56. The lowest BCUT2D eigenvalue weighted by Crippen LogP contribution is -2.13. The van der Waals surface area contributed by atoms with Crippen LogP contribution in [0, 0.1) is 6.92 Å². The predicted molar refractivity (Wildman–Crippen MR) is 53.3 cm³/mol. The van der Waals surface area contributed by atoms with Gasteiger partial charge in [0.25, 0.3) is 0 Å². The third kappa shape index (κ3) is 2.46. The minimum atomic E-state index is 0.667. The zero-order valence-corrected chi connectivity index (χ0v) is 8.37. The maximum Gasteiger partial charge on any atom is 0.180 e. The molecule has 0 spiro atoms. The number of anilines is 1. The highest BCUT2D eigenvalue weighted by atomic mass is 32.1. The topological polar surface area (TPSA) is 50.9 Å². The van der Waals surface area contributed by atoms with E-state index in [1.807, 2.05) is 6.92 Å². The van der Waals surface area contributed by atoms with Crippen LogP contribution >= 0.6 is 11.3 Å². The van der Waals surface area contributed by atoms with Crippen molar-refractivity contribution in [3.63, 3.8) is 0 Å². The highest BCUT2D eigenvalue weighted by Gasteiger charge is 2.03. The molecule has 0 aliphatic carbocycles. The molecule has 3 nitrogen and oxygen atoms in total. The summed E-state index contributed by atoms with van der Waals surface area (Å²) in [5.74, 6) is 0. The van der Waals surface area contributed by atoms with Gasteiger partial charge < -0.3 is 11.1 Å². The van der Waals surface area contributed by atoms with Gasteiger partial charge in [-0.05, 0) is 19.9 Å². The number of nitrogens with one attached hydrogen (secondary N) is 1. The summed E-state index contributed by atoms with van der Waals surface area (Å²) in [6, 6.07) is 0. The monoisotopic (exact) mass is 185 g/mol. The van der Waals surface area contributed by atoms with Gasteiger partial charge in [-0.1, -0.05) is 6.92 Å². The lowest BCUT2D eigenvalue weighted by Gasteiger charge is -1.99. The van der Waals surface area contributed by atoms with Crippen molar-refractivity contribution in [2.45, 2.75) is 26.8 Å². The quantitative estimate of drug-likeness (QED) is 0.699. The van der Waals surface area contributed by atoms with Crippen LogP contribution in [0.3, 0.4) is 0 Å². The van der Waals surface area contributed by atoms with Gasteiger partial charge in [0.1, 0.15) is 0 Å². The Bertz CT molecular complexity index is 244. The first-order chi connectivity index (χ1) is 5.74. The fourth-order valence-electron chi connectivity index (χ4n) is 0.993. The molecule has 0 unspecified atom stereocenters. The van der Waals surface area contributed by atoms with E-state index in [-0.39, 0.29) is 0 Å². The molecule has 1 aromatic heterocycles. The Morgan fingerprint density at radius 1 is 1.58 bits per heavy atom. The number of thiazole rings is 1. The molecule has 1 rings (SSSR count). The number of aromatic nitrogens is 1. The Hall–Kier alpha value is -0.610. The van der Waals surface area contributed by atoms with Gasteiger partial charge >= 0.3 is 0 Å². The fourth-order valence-corrected chi connectivity index (χ4v) is 1.80. The molecular formula is C8H15N3S. The number of nitrogen functional groups attached to an aromatic ring is 1. The summed E-state index contributed by atoms with van der Waals surface area (Å²) in [6.07, 6.45) is 1.16. The Labute approximate surface area is 77.0 Å². The Balaban J connectivity index is 2.45. The largest absolute Gasteiger partial charge is 0.375 e. The third-order valence-electron chi connectivity index (χ3n) is 1.62. The molecule has 0 radical (unpaired) electrons. The summed E-state index contributed by atoms with van der Waals surface area (Å²) in [5, 5.41) is 3.99. The van der Waals surface area contributed by atoms with Crippen molar-refractivity contribution in [3.8, 4) is 0 Å². The summed E-state index contributed by atoms with van der Waals surface area (Å²) >= 11 is 1.57. The van der Waals surface area contributed by atoms with Gasteiger partial charge in [0.15, 0.2) is 5.13 Å². The first kappa shape index (κ1) is 9.48. The minimum absolute atomic E-state index is 0.667. The van der Waals surface area contributed by atoms with E-state index in [2.05, 4.69) is 17.2 Å². The molecule has 1 aromatic rings. The van der Waals surface area contributed by atoms with E-state index in [1.54, 1.807) is 11.3 Å². The Kier molecular flexibility index (Phi) is 3.49. The van der Waals surface area contributed by atoms with Crippen LogP contribution in [0.2, 0.25) is 0 Å². The molecule has 1 heterocycles. The Morgan fingerprint density at radius 2 is 2.33 bits per heavy atom. The molecule has 0 saturated carbocycles. The van der Waals surface area contributed by atoms with Gasteiger partial charge in [-0.15, -0.1) is 11.3 Å². The Morgan fingerprint density at radius 3 is 2.83 bits per heavy atom. The second kappa shape index (κ2) is 4.42. The van der Waals surface area contributed by atoms with Crippen LogP contribution in [-0.4, -0.2) is 11.5 Å². The summed E-state index contributed by atoms with van der Waals surface area (Å²) in [7, 11) is 0. The number of nitrogens with zero attached hydrogens (tertiary/aromatic N) is 1. The second-order valence-electron chi connectivity index (χ2n) is 2.74. The minimum Gasteiger partial charge on any atom is -0.375 e. The number of hydrogen-bond donors (Lipinski definition) is 2. The van der Waals surface area contributed by atoms with Crippen molar-refractivity contribution in [2.75, 3.05) is 12.3 Å². The van der Waals surface area contributed by atoms with Crippen molar-refractivity contribution in [3.05, 3.63) is 10.6 Å². The van der Waals surface area contributed by atoms with Crippen LogP contribution in [0.25, 0.3) is 0 Å².